The minimum absolute atomic E-state index is 0.0258. The second-order valence-corrected chi connectivity index (χ2v) is 4.32. The number of hydrogen-bond acceptors (Lipinski definition) is 3. The molecule has 0 radical (unpaired) electrons. The van der Waals surface area contributed by atoms with Crippen molar-refractivity contribution in [3.05, 3.63) is 0 Å². The first-order valence-corrected chi connectivity index (χ1v) is 5.79. The Morgan fingerprint density at radius 2 is 2.19 bits per heavy atom. The van der Waals surface area contributed by atoms with Crippen LogP contribution in [-0.4, -0.2) is 53.3 Å². The quantitative estimate of drug-likeness (QED) is 0.726. The van der Waals surface area contributed by atoms with E-state index in [4.69, 9.17) is 5.73 Å². The lowest BCUT2D eigenvalue weighted by Crippen LogP contribution is -2.44. The molecular formula is C11H21N3O2. The first-order chi connectivity index (χ1) is 7.47. The molecule has 1 fully saturated rings. The number of nitrogens with two attached hydrogens (primary N) is 1. The van der Waals surface area contributed by atoms with E-state index in [2.05, 4.69) is 0 Å². The summed E-state index contributed by atoms with van der Waals surface area (Å²) in [7, 11) is 0. The van der Waals surface area contributed by atoms with Gasteiger partial charge in [0.15, 0.2) is 0 Å². The van der Waals surface area contributed by atoms with E-state index in [0.29, 0.717) is 19.6 Å². The smallest absolute Gasteiger partial charge is 0.239 e. The van der Waals surface area contributed by atoms with Crippen LogP contribution in [0.25, 0.3) is 0 Å². The normalized spacial score (nSPS) is 22.0. The van der Waals surface area contributed by atoms with Crippen molar-refractivity contribution < 1.29 is 9.59 Å². The molecule has 2 N–H and O–H groups in total. The Kier molecular flexibility index (Phi) is 4.29. The zero-order valence-corrected chi connectivity index (χ0v) is 10.3. The van der Waals surface area contributed by atoms with Crippen LogP contribution in [0.5, 0.6) is 0 Å². The molecule has 92 valence electrons. The second-order valence-electron chi connectivity index (χ2n) is 4.32. The van der Waals surface area contributed by atoms with E-state index >= 15 is 0 Å². The molecule has 5 heteroatoms. The molecule has 0 spiro atoms. The molecule has 1 aliphatic heterocycles. The molecule has 1 heterocycles. The molecule has 16 heavy (non-hydrogen) atoms. The summed E-state index contributed by atoms with van der Waals surface area (Å²) in [6.07, 6.45) is 0.853. The van der Waals surface area contributed by atoms with E-state index < -0.39 is 6.04 Å². The third-order valence-electron chi connectivity index (χ3n) is 3.05. The summed E-state index contributed by atoms with van der Waals surface area (Å²) < 4.78 is 0. The van der Waals surface area contributed by atoms with Crippen LogP contribution in [0.15, 0.2) is 0 Å². The van der Waals surface area contributed by atoms with E-state index in [1.54, 1.807) is 18.7 Å². The highest BCUT2D eigenvalue weighted by molar-refractivity contribution is 5.81. The zero-order chi connectivity index (χ0) is 12.3. The van der Waals surface area contributed by atoms with Crippen molar-refractivity contribution in [2.24, 2.45) is 5.73 Å². The van der Waals surface area contributed by atoms with Crippen molar-refractivity contribution in [2.45, 2.75) is 39.3 Å². The van der Waals surface area contributed by atoms with Gasteiger partial charge in [-0.1, -0.05) is 0 Å². The predicted molar refractivity (Wildman–Crippen MR) is 61.7 cm³/mol. The number of rotatable bonds is 3. The number of amides is 2. The Hall–Kier alpha value is -1.10. The predicted octanol–water partition coefficient (Wildman–Crippen LogP) is -0.197. The number of hydrogen-bond donors (Lipinski definition) is 1. The average Bonchev–Trinajstić information content (AvgIpc) is 2.66. The molecule has 1 rings (SSSR count). The molecular weight excluding hydrogens is 206 g/mol. The SMILES string of the molecule is CCN(C(C)=O)C1CCN(C(=O)[C@H](C)N)C1. The first-order valence-electron chi connectivity index (χ1n) is 5.79. The van der Waals surface area contributed by atoms with Crippen LogP contribution < -0.4 is 5.73 Å². The van der Waals surface area contributed by atoms with Crippen LogP contribution in [0, 0.1) is 0 Å². The molecule has 1 saturated heterocycles. The number of likely N-dealkylation sites (N-methyl/N-ethyl adjacent to an activating group) is 1. The maximum Gasteiger partial charge on any atom is 0.239 e. The molecule has 1 unspecified atom stereocenters. The van der Waals surface area contributed by atoms with Crippen molar-refractivity contribution in [1.29, 1.82) is 0 Å². The van der Waals surface area contributed by atoms with E-state index in [9.17, 15) is 9.59 Å². The fraction of sp³-hybridized carbons (Fsp3) is 0.818. The van der Waals surface area contributed by atoms with Crippen LogP contribution in [-0.2, 0) is 9.59 Å². The van der Waals surface area contributed by atoms with Gasteiger partial charge in [-0.05, 0) is 20.3 Å². The summed E-state index contributed by atoms with van der Waals surface area (Å²) in [4.78, 5) is 26.6. The van der Waals surface area contributed by atoms with E-state index in [1.165, 1.54) is 0 Å². The van der Waals surface area contributed by atoms with Gasteiger partial charge in [-0.15, -0.1) is 0 Å². The summed E-state index contributed by atoms with van der Waals surface area (Å²) in [6.45, 7) is 7.23. The van der Waals surface area contributed by atoms with E-state index in [1.807, 2.05) is 11.8 Å². The lowest BCUT2D eigenvalue weighted by atomic mass is 10.2. The van der Waals surface area contributed by atoms with Crippen molar-refractivity contribution in [1.82, 2.24) is 9.80 Å². The van der Waals surface area contributed by atoms with Crippen LogP contribution in [0.2, 0.25) is 0 Å². The molecule has 0 saturated carbocycles. The van der Waals surface area contributed by atoms with E-state index in [-0.39, 0.29) is 17.9 Å². The highest BCUT2D eigenvalue weighted by Crippen LogP contribution is 2.16. The largest absolute Gasteiger partial charge is 0.339 e. The summed E-state index contributed by atoms with van der Waals surface area (Å²) in [6, 6.07) is -0.295. The van der Waals surface area contributed by atoms with Gasteiger partial charge < -0.3 is 15.5 Å². The molecule has 0 aromatic heterocycles. The van der Waals surface area contributed by atoms with Gasteiger partial charge in [0.1, 0.15) is 0 Å². The van der Waals surface area contributed by atoms with Crippen molar-refractivity contribution >= 4 is 11.8 Å². The average molecular weight is 227 g/mol. The number of carbonyl (C=O) groups is 2. The van der Waals surface area contributed by atoms with E-state index in [0.717, 1.165) is 6.42 Å². The Bertz CT molecular complexity index is 278. The fourth-order valence-corrected chi connectivity index (χ4v) is 2.22. The third kappa shape index (κ3) is 2.72. The van der Waals surface area contributed by atoms with Gasteiger partial charge in [0.2, 0.25) is 11.8 Å². The molecule has 0 bridgehead atoms. The van der Waals surface area contributed by atoms with Crippen LogP contribution in [0.3, 0.4) is 0 Å². The number of nitrogens with zero attached hydrogens (tertiary/aromatic N) is 2. The highest BCUT2D eigenvalue weighted by Gasteiger charge is 2.31. The minimum atomic E-state index is -0.453. The monoisotopic (exact) mass is 227 g/mol. The van der Waals surface area contributed by atoms with Gasteiger partial charge in [-0.25, -0.2) is 0 Å². The summed E-state index contributed by atoms with van der Waals surface area (Å²) in [5, 5.41) is 0. The zero-order valence-electron chi connectivity index (χ0n) is 10.3. The Balaban J connectivity index is 2.58. The minimum Gasteiger partial charge on any atom is -0.339 e. The van der Waals surface area contributed by atoms with Crippen LogP contribution in [0.4, 0.5) is 0 Å². The van der Waals surface area contributed by atoms with Gasteiger partial charge in [0, 0.05) is 26.6 Å². The first kappa shape index (κ1) is 13.0. The summed E-state index contributed by atoms with van der Waals surface area (Å²) >= 11 is 0. The van der Waals surface area contributed by atoms with Crippen LogP contribution in [0.1, 0.15) is 27.2 Å². The lowest BCUT2D eigenvalue weighted by Gasteiger charge is -2.27. The Morgan fingerprint density at radius 3 is 2.62 bits per heavy atom. The second kappa shape index (κ2) is 5.30. The van der Waals surface area contributed by atoms with Gasteiger partial charge in [0.05, 0.1) is 12.1 Å². The molecule has 0 aliphatic carbocycles. The van der Waals surface area contributed by atoms with Crippen molar-refractivity contribution in [3.8, 4) is 0 Å². The molecule has 5 nitrogen and oxygen atoms in total. The molecule has 2 atom stereocenters. The van der Waals surface area contributed by atoms with Gasteiger partial charge in [-0.3, -0.25) is 9.59 Å². The highest BCUT2D eigenvalue weighted by atomic mass is 16.2. The Labute approximate surface area is 96.6 Å². The van der Waals surface area contributed by atoms with Gasteiger partial charge in [-0.2, -0.15) is 0 Å². The third-order valence-corrected chi connectivity index (χ3v) is 3.05. The summed E-state index contributed by atoms with van der Waals surface area (Å²) in [5.74, 6) is 0.0460. The van der Waals surface area contributed by atoms with Crippen LogP contribution >= 0.6 is 0 Å². The maximum atomic E-state index is 11.7. The number of carbonyl (C=O) groups excluding carboxylic acids is 2. The van der Waals surface area contributed by atoms with Gasteiger partial charge >= 0.3 is 0 Å². The maximum absolute atomic E-state index is 11.7. The molecule has 1 aliphatic rings. The number of likely N-dealkylation sites (tertiary alicyclic amines) is 1. The molecule has 0 aromatic rings. The topological polar surface area (TPSA) is 66.6 Å². The lowest BCUT2D eigenvalue weighted by molar-refractivity contribution is -0.134. The van der Waals surface area contributed by atoms with Crippen molar-refractivity contribution in [3.63, 3.8) is 0 Å². The standard InChI is InChI=1S/C11H21N3O2/c1-4-14(9(3)15)10-5-6-13(7-10)11(16)8(2)12/h8,10H,4-7,12H2,1-3H3/t8-,10?/m0/s1. The fourth-order valence-electron chi connectivity index (χ4n) is 2.22. The van der Waals surface area contributed by atoms with Crippen molar-refractivity contribution in [2.75, 3.05) is 19.6 Å². The van der Waals surface area contributed by atoms with Gasteiger partial charge in [0.25, 0.3) is 0 Å². The summed E-state index contributed by atoms with van der Waals surface area (Å²) in [5.41, 5.74) is 5.56. The molecule has 0 aromatic carbocycles. The Morgan fingerprint density at radius 1 is 1.56 bits per heavy atom. The molecule has 2 amide bonds.